The number of methoxy groups -OCH3 is 1. The Bertz CT molecular complexity index is 770. The monoisotopic (exact) mass is 343 g/mol. The van der Waals surface area contributed by atoms with Crippen LogP contribution in [0, 0.1) is 0 Å². The van der Waals surface area contributed by atoms with Crippen LogP contribution in [0.25, 0.3) is 0 Å². The van der Waals surface area contributed by atoms with Gasteiger partial charge in [-0.3, -0.25) is 4.68 Å². The van der Waals surface area contributed by atoms with Crippen molar-refractivity contribution in [3.05, 3.63) is 64.9 Å². The molecule has 2 atom stereocenters. The lowest BCUT2D eigenvalue weighted by Gasteiger charge is -2.24. The SMILES string of the molecule is COc1ccc([C@H](OC(=O)c2cscn2)[C@H](C)n2cccn2)cc1. The van der Waals surface area contributed by atoms with E-state index in [4.69, 9.17) is 9.47 Å². The molecular formula is C17H17N3O3S. The van der Waals surface area contributed by atoms with Crippen LogP contribution in [-0.4, -0.2) is 27.8 Å². The van der Waals surface area contributed by atoms with Crippen LogP contribution in [-0.2, 0) is 4.74 Å². The average Bonchev–Trinajstić information content (AvgIpc) is 3.32. The minimum Gasteiger partial charge on any atom is -0.497 e. The molecule has 0 unspecified atom stereocenters. The summed E-state index contributed by atoms with van der Waals surface area (Å²) in [5.41, 5.74) is 2.78. The van der Waals surface area contributed by atoms with E-state index in [1.165, 1.54) is 11.3 Å². The van der Waals surface area contributed by atoms with Crippen LogP contribution < -0.4 is 4.74 Å². The highest BCUT2D eigenvalue weighted by Gasteiger charge is 2.26. The van der Waals surface area contributed by atoms with Crippen molar-refractivity contribution in [1.29, 1.82) is 0 Å². The number of aromatic nitrogens is 3. The Balaban J connectivity index is 1.89. The van der Waals surface area contributed by atoms with Crippen LogP contribution in [0.5, 0.6) is 5.75 Å². The summed E-state index contributed by atoms with van der Waals surface area (Å²) in [5, 5.41) is 5.93. The molecule has 0 aliphatic rings. The van der Waals surface area contributed by atoms with E-state index >= 15 is 0 Å². The molecule has 1 aromatic carbocycles. The molecule has 0 spiro atoms. The van der Waals surface area contributed by atoms with Crippen molar-refractivity contribution in [3.63, 3.8) is 0 Å². The van der Waals surface area contributed by atoms with Gasteiger partial charge in [0.25, 0.3) is 0 Å². The lowest BCUT2D eigenvalue weighted by molar-refractivity contribution is 0.0151. The van der Waals surface area contributed by atoms with Gasteiger partial charge in [0.2, 0.25) is 0 Å². The van der Waals surface area contributed by atoms with Crippen LogP contribution >= 0.6 is 11.3 Å². The molecule has 24 heavy (non-hydrogen) atoms. The molecule has 2 aromatic heterocycles. The van der Waals surface area contributed by atoms with Gasteiger partial charge in [-0.2, -0.15) is 5.10 Å². The molecule has 0 fully saturated rings. The van der Waals surface area contributed by atoms with Gasteiger partial charge in [-0.05, 0) is 30.7 Å². The second-order valence-corrected chi connectivity index (χ2v) is 5.92. The Morgan fingerprint density at radius 1 is 1.29 bits per heavy atom. The first kappa shape index (κ1) is 16.2. The minimum atomic E-state index is -0.495. The van der Waals surface area contributed by atoms with Gasteiger partial charge in [-0.15, -0.1) is 11.3 Å². The van der Waals surface area contributed by atoms with Crippen molar-refractivity contribution in [2.75, 3.05) is 7.11 Å². The number of hydrogen-bond donors (Lipinski definition) is 0. The van der Waals surface area contributed by atoms with Crippen molar-refractivity contribution in [2.45, 2.75) is 19.1 Å². The third kappa shape index (κ3) is 3.46. The number of nitrogens with zero attached hydrogens (tertiary/aromatic N) is 3. The zero-order chi connectivity index (χ0) is 16.9. The number of carbonyl (C=O) groups excluding carboxylic acids is 1. The van der Waals surface area contributed by atoms with Crippen molar-refractivity contribution >= 4 is 17.3 Å². The van der Waals surface area contributed by atoms with E-state index in [9.17, 15) is 4.79 Å². The Kier molecular flexibility index (Phi) is 4.90. The first-order valence-electron chi connectivity index (χ1n) is 7.41. The van der Waals surface area contributed by atoms with Crippen LogP contribution in [0.15, 0.2) is 53.6 Å². The van der Waals surface area contributed by atoms with Gasteiger partial charge in [-0.1, -0.05) is 12.1 Å². The smallest absolute Gasteiger partial charge is 0.358 e. The van der Waals surface area contributed by atoms with E-state index in [1.807, 2.05) is 43.5 Å². The second kappa shape index (κ2) is 7.27. The summed E-state index contributed by atoms with van der Waals surface area (Å²) >= 11 is 1.36. The summed E-state index contributed by atoms with van der Waals surface area (Å²) in [6.07, 6.45) is 3.05. The average molecular weight is 343 g/mol. The second-order valence-electron chi connectivity index (χ2n) is 5.20. The van der Waals surface area contributed by atoms with Crippen molar-refractivity contribution in [3.8, 4) is 5.75 Å². The Hall–Kier alpha value is -2.67. The number of esters is 1. The first-order chi connectivity index (χ1) is 11.7. The van der Waals surface area contributed by atoms with Crippen LogP contribution in [0.4, 0.5) is 0 Å². The molecular weight excluding hydrogens is 326 g/mol. The molecule has 0 bridgehead atoms. The summed E-state index contributed by atoms with van der Waals surface area (Å²) < 4.78 is 12.7. The van der Waals surface area contributed by atoms with E-state index in [0.717, 1.165) is 11.3 Å². The van der Waals surface area contributed by atoms with Gasteiger partial charge in [-0.25, -0.2) is 9.78 Å². The highest BCUT2D eigenvalue weighted by atomic mass is 32.1. The number of carbonyl (C=O) groups is 1. The van der Waals surface area contributed by atoms with E-state index in [-0.39, 0.29) is 6.04 Å². The Morgan fingerprint density at radius 3 is 2.67 bits per heavy atom. The summed E-state index contributed by atoms with van der Waals surface area (Å²) in [6, 6.07) is 9.12. The fourth-order valence-electron chi connectivity index (χ4n) is 2.39. The first-order valence-corrected chi connectivity index (χ1v) is 8.35. The maximum atomic E-state index is 12.4. The van der Waals surface area contributed by atoms with Crippen LogP contribution in [0.1, 0.15) is 35.1 Å². The largest absolute Gasteiger partial charge is 0.497 e. The molecule has 3 rings (SSSR count). The fourth-order valence-corrected chi connectivity index (χ4v) is 2.91. The van der Waals surface area contributed by atoms with E-state index in [0.29, 0.717) is 5.69 Å². The Morgan fingerprint density at radius 2 is 2.08 bits per heavy atom. The number of hydrogen-bond acceptors (Lipinski definition) is 6. The molecule has 2 heterocycles. The summed E-state index contributed by atoms with van der Waals surface area (Å²) in [4.78, 5) is 16.4. The highest BCUT2D eigenvalue weighted by Crippen LogP contribution is 2.31. The quantitative estimate of drug-likeness (QED) is 0.641. The standard InChI is InChI=1S/C17H17N3O3S/c1-12(20-9-3-8-19-20)16(13-4-6-14(22-2)7-5-13)23-17(21)15-10-24-11-18-15/h3-12,16H,1-2H3/t12-,16+/m0/s1. The maximum absolute atomic E-state index is 12.4. The zero-order valence-electron chi connectivity index (χ0n) is 13.3. The van der Waals surface area contributed by atoms with Gasteiger partial charge < -0.3 is 9.47 Å². The zero-order valence-corrected chi connectivity index (χ0v) is 14.1. The van der Waals surface area contributed by atoms with E-state index in [1.54, 1.807) is 28.9 Å². The van der Waals surface area contributed by atoms with Gasteiger partial charge >= 0.3 is 5.97 Å². The van der Waals surface area contributed by atoms with Gasteiger partial charge in [0.15, 0.2) is 5.69 Å². The minimum absolute atomic E-state index is 0.170. The molecule has 7 heteroatoms. The number of thiazole rings is 1. The maximum Gasteiger partial charge on any atom is 0.358 e. The Labute approximate surface area is 143 Å². The molecule has 6 nitrogen and oxygen atoms in total. The molecule has 0 aliphatic carbocycles. The molecule has 0 saturated heterocycles. The summed E-state index contributed by atoms with van der Waals surface area (Å²) in [6.45, 7) is 1.95. The molecule has 0 N–H and O–H groups in total. The molecule has 0 radical (unpaired) electrons. The molecule has 3 aromatic rings. The van der Waals surface area contributed by atoms with E-state index in [2.05, 4.69) is 10.1 Å². The van der Waals surface area contributed by atoms with Gasteiger partial charge in [0.05, 0.1) is 18.7 Å². The third-order valence-corrected chi connectivity index (χ3v) is 4.29. The van der Waals surface area contributed by atoms with Crippen molar-refractivity contribution < 1.29 is 14.3 Å². The van der Waals surface area contributed by atoms with Gasteiger partial charge in [0, 0.05) is 17.8 Å². The van der Waals surface area contributed by atoms with Crippen LogP contribution in [0.2, 0.25) is 0 Å². The van der Waals surface area contributed by atoms with Crippen molar-refractivity contribution in [2.24, 2.45) is 0 Å². The lowest BCUT2D eigenvalue weighted by atomic mass is 10.0. The number of benzene rings is 1. The topological polar surface area (TPSA) is 66.2 Å². The molecule has 0 amide bonds. The third-order valence-electron chi connectivity index (χ3n) is 3.70. The predicted octanol–water partition coefficient (Wildman–Crippen LogP) is 3.51. The van der Waals surface area contributed by atoms with E-state index < -0.39 is 12.1 Å². The lowest BCUT2D eigenvalue weighted by Crippen LogP contribution is -2.21. The predicted molar refractivity (Wildman–Crippen MR) is 90.2 cm³/mol. The molecule has 0 aliphatic heterocycles. The fraction of sp³-hybridized carbons (Fsp3) is 0.235. The van der Waals surface area contributed by atoms with Gasteiger partial charge in [0.1, 0.15) is 11.9 Å². The number of ether oxygens (including phenoxy) is 2. The highest BCUT2D eigenvalue weighted by molar-refractivity contribution is 7.07. The molecule has 124 valence electrons. The normalized spacial score (nSPS) is 13.2. The summed E-state index contributed by atoms with van der Waals surface area (Å²) in [7, 11) is 1.61. The number of rotatable bonds is 6. The molecule has 0 saturated carbocycles. The summed E-state index contributed by atoms with van der Waals surface area (Å²) in [5.74, 6) is 0.297. The van der Waals surface area contributed by atoms with Crippen LogP contribution in [0.3, 0.4) is 0 Å². The van der Waals surface area contributed by atoms with Crippen molar-refractivity contribution in [1.82, 2.24) is 14.8 Å².